The molecule has 1 aliphatic heterocycles. The van der Waals surface area contributed by atoms with Crippen LogP contribution in [0.5, 0.6) is 0 Å². The number of nitrogens with one attached hydrogen (secondary N) is 2. The van der Waals surface area contributed by atoms with Gasteiger partial charge in [0.15, 0.2) is 0 Å². The number of methoxy groups -OCH3 is 1. The first-order valence-electron chi connectivity index (χ1n) is 6.46. The first-order chi connectivity index (χ1) is 9.22. The minimum atomic E-state index is 0.115. The van der Waals surface area contributed by atoms with Gasteiger partial charge in [0.25, 0.3) is 0 Å². The number of hydrazine groups is 1. The van der Waals surface area contributed by atoms with Crippen LogP contribution in [0.25, 0.3) is 0 Å². The van der Waals surface area contributed by atoms with E-state index in [-0.39, 0.29) is 6.04 Å². The van der Waals surface area contributed by atoms with E-state index in [0.29, 0.717) is 24.5 Å². The lowest BCUT2D eigenvalue weighted by molar-refractivity contribution is 0.190. The molecule has 1 aliphatic rings. The smallest absolute Gasteiger partial charge is 0.243 e. The molecule has 1 unspecified atom stereocenters. The van der Waals surface area contributed by atoms with Crippen molar-refractivity contribution in [2.24, 2.45) is 5.84 Å². The number of hydrogen-bond acceptors (Lipinski definition) is 8. The second kappa shape index (κ2) is 6.48. The topological polar surface area (TPSA) is 101 Å². The maximum atomic E-state index is 5.40. The molecule has 19 heavy (non-hydrogen) atoms. The molecule has 106 valence electrons. The van der Waals surface area contributed by atoms with E-state index in [1.165, 1.54) is 12.8 Å². The third kappa shape index (κ3) is 3.65. The quantitative estimate of drug-likeness (QED) is 0.496. The summed E-state index contributed by atoms with van der Waals surface area (Å²) in [5.41, 5.74) is 2.48. The summed E-state index contributed by atoms with van der Waals surface area (Å²) in [6.07, 6.45) is 2.33. The summed E-state index contributed by atoms with van der Waals surface area (Å²) in [5.74, 6) is 6.94. The van der Waals surface area contributed by atoms with Gasteiger partial charge in [0.2, 0.25) is 17.8 Å². The Bertz CT molecular complexity index is 408. The van der Waals surface area contributed by atoms with Gasteiger partial charge in [0.05, 0.1) is 6.61 Å². The van der Waals surface area contributed by atoms with Gasteiger partial charge in [0.1, 0.15) is 0 Å². The fourth-order valence-electron chi connectivity index (χ4n) is 2.06. The fraction of sp³-hybridized carbons (Fsp3) is 0.727. The van der Waals surface area contributed by atoms with Crippen LogP contribution in [0.4, 0.5) is 17.8 Å². The summed E-state index contributed by atoms with van der Waals surface area (Å²) in [6, 6.07) is 0.115. The number of nitrogen functional groups attached to an aromatic ring is 1. The van der Waals surface area contributed by atoms with E-state index in [4.69, 9.17) is 10.6 Å². The van der Waals surface area contributed by atoms with Gasteiger partial charge in [-0.1, -0.05) is 0 Å². The molecule has 0 aromatic carbocycles. The third-order valence-corrected chi connectivity index (χ3v) is 2.93. The summed E-state index contributed by atoms with van der Waals surface area (Å²) < 4.78 is 5.08. The maximum Gasteiger partial charge on any atom is 0.243 e. The SMILES string of the molecule is COCC(C)Nc1nc(NN)nc(N2CCCC2)n1. The number of nitrogens with two attached hydrogens (primary N) is 1. The molecule has 0 amide bonds. The zero-order valence-electron chi connectivity index (χ0n) is 11.4. The first-order valence-corrected chi connectivity index (χ1v) is 6.46. The van der Waals surface area contributed by atoms with Gasteiger partial charge < -0.3 is 15.0 Å². The molecule has 1 saturated heterocycles. The van der Waals surface area contributed by atoms with Crippen LogP contribution in [0.1, 0.15) is 19.8 Å². The average molecular weight is 267 g/mol. The van der Waals surface area contributed by atoms with E-state index in [1.54, 1.807) is 7.11 Å². The van der Waals surface area contributed by atoms with E-state index in [2.05, 4.69) is 30.6 Å². The molecular weight excluding hydrogens is 246 g/mol. The predicted molar refractivity (Wildman–Crippen MR) is 74.0 cm³/mol. The minimum absolute atomic E-state index is 0.115. The fourth-order valence-corrected chi connectivity index (χ4v) is 2.06. The Morgan fingerprint density at radius 2 is 1.95 bits per heavy atom. The van der Waals surface area contributed by atoms with Crippen LogP contribution in [0.15, 0.2) is 0 Å². The molecule has 2 heterocycles. The molecule has 2 rings (SSSR count). The van der Waals surface area contributed by atoms with Crippen LogP contribution >= 0.6 is 0 Å². The Kier molecular flexibility index (Phi) is 4.69. The summed E-state index contributed by atoms with van der Waals surface area (Å²) >= 11 is 0. The average Bonchev–Trinajstić information content (AvgIpc) is 2.92. The molecule has 1 fully saturated rings. The molecule has 1 atom stereocenters. The molecule has 0 bridgehead atoms. The monoisotopic (exact) mass is 267 g/mol. The normalized spacial score (nSPS) is 16.5. The molecule has 8 nitrogen and oxygen atoms in total. The van der Waals surface area contributed by atoms with Crippen molar-refractivity contribution >= 4 is 17.8 Å². The lowest BCUT2D eigenvalue weighted by Gasteiger charge is -2.18. The zero-order chi connectivity index (χ0) is 13.7. The summed E-state index contributed by atoms with van der Waals surface area (Å²) in [7, 11) is 1.66. The van der Waals surface area contributed by atoms with E-state index in [1.807, 2.05) is 6.92 Å². The molecule has 1 aromatic heterocycles. The molecule has 1 aromatic rings. The Morgan fingerprint density at radius 3 is 2.58 bits per heavy atom. The van der Waals surface area contributed by atoms with Crippen molar-refractivity contribution in [3.8, 4) is 0 Å². The van der Waals surface area contributed by atoms with Crippen LogP contribution in [-0.4, -0.2) is 47.8 Å². The number of ether oxygens (including phenoxy) is 1. The Hall–Kier alpha value is -1.67. The van der Waals surface area contributed by atoms with Gasteiger partial charge in [0, 0.05) is 26.2 Å². The van der Waals surface area contributed by atoms with Gasteiger partial charge >= 0.3 is 0 Å². The van der Waals surface area contributed by atoms with Crippen LogP contribution in [-0.2, 0) is 4.74 Å². The van der Waals surface area contributed by atoms with Crippen molar-refractivity contribution in [1.29, 1.82) is 0 Å². The minimum Gasteiger partial charge on any atom is -0.383 e. The van der Waals surface area contributed by atoms with Crippen LogP contribution in [0.2, 0.25) is 0 Å². The second-order valence-electron chi connectivity index (χ2n) is 4.62. The van der Waals surface area contributed by atoms with E-state index < -0.39 is 0 Å². The van der Waals surface area contributed by atoms with Crippen molar-refractivity contribution in [2.75, 3.05) is 42.4 Å². The molecule has 8 heteroatoms. The predicted octanol–water partition coefficient (Wildman–Crippen LogP) is 0.204. The van der Waals surface area contributed by atoms with Gasteiger partial charge in [-0.25, -0.2) is 5.84 Å². The van der Waals surface area contributed by atoms with Gasteiger partial charge in [-0.15, -0.1) is 0 Å². The highest BCUT2D eigenvalue weighted by molar-refractivity contribution is 5.44. The highest BCUT2D eigenvalue weighted by Gasteiger charge is 2.17. The Balaban J connectivity index is 2.15. The van der Waals surface area contributed by atoms with Crippen molar-refractivity contribution in [1.82, 2.24) is 15.0 Å². The molecular formula is C11H21N7O. The summed E-state index contributed by atoms with van der Waals surface area (Å²) in [4.78, 5) is 15.0. The summed E-state index contributed by atoms with van der Waals surface area (Å²) in [5, 5.41) is 3.17. The number of hydrogen-bond donors (Lipinski definition) is 3. The highest BCUT2D eigenvalue weighted by atomic mass is 16.5. The van der Waals surface area contributed by atoms with Crippen LogP contribution in [0.3, 0.4) is 0 Å². The largest absolute Gasteiger partial charge is 0.383 e. The molecule has 0 radical (unpaired) electrons. The van der Waals surface area contributed by atoms with Crippen molar-refractivity contribution < 1.29 is 4.74 Å². The van der Waals surface area contributed by atoms with E-state index >= 15 is 0 Å². The molecule has 0 spiro atoms. The number of aromatic nitrogens is 3. The Morgan fingerprint density at radius 1 is 1.26 bits per heavy atom. The zero-order valence-corrected chi connectivity index (χ0v) is 11.4. The van der Waals surface area contributed by atoms with Gasteiger partial charge in [-0.3, -0.25) is 5.43 Å². The van der Waals surface area contributed by atoms with E-state index in [9.17, 15) is 0 Å². The molecule has 0 aliphatic carbocycles. The van der Waals surface area contributed by atoms with Gasteiger partial charge in [-0.2, -0.15) is 15.0 Å². The number of rotatable bonds is 6. The van der Waals surface area contributed by atoms with Gasteiger partial charge in [-0.05, 0) is 19.8 Å². The van der Waals surface area contributed by atoms with Crippen molar-refractivity contribution in [3.05, 3.63) is 0 Å². The number of anilines is 3. The summed E-state index contributed by atoms with van der Waals surface area (Å²) in [6.45, 7) is 4.52. The van der Waals surface area contributed by atoms with E-state index in [0.717, 1.165) is 13.1 Å². The lowest BCUT2D eigenvalue weighted by Crippen LogP contribution is -2.26. The van der Waals surface area contributed by atoms with Crippen molar-refractivity contribution in [2.45, 2.75) is 25.8 Å². The Labute approximate surface area is 112 Å². The second-order valence-corrected chi connectivity index (χ2v) is 4.62. The lowest BCUT2D eigenvalue weighted by atomic mass is 10.4. The van der Waals surface area contributed by atoms with Crippen LogP contribution in [0, 0.1) is 0 Å². The number of nitrogens with zero attached hydrogens (tertiary/aromatic N) is 4. The standard InChI is InChI=1S/C11H21N7O/c1-8(7-19-2)13-9-14-10(17-12)16-11(15-9)18-5-3-4-6-18/h8H,3-7,12H2,1-2H3,(H2,13,14,15,16,17). The maximum absolute atomic E-state index is 5.40. The first kappa shape index (κ1) is 13.8. The molecule has 4 N–H and O–H groups in total. The highest BCUT2D eigenvalue weighted by Crippen LogP contribution is 2.18. The van der Waals surface area contributed by atoms with Crippen molar-refractivity contribution in [3.63, 3.8) is 0 Å². The van der Waals surface area contributed by atoms with Crippen LogP contribution < -0.4 is 21.5 Å². The molecule has 0 saturated carbocycles. The third-order valence-electron chi connectivity index (χ3n) is 2.93.